The summed E-state index contributed by atoms with van der Waals surface area (Å²) in [6.45, 7) is 25.2. The molecule has 0 N–H and O–H groups in total. The Morgan fingerprint density at radius 3 is 1.65 bits per heavy atom. The molecule has 0 saturated carbocycles. The molecule has 1 heterocycles. The van der Waals surface area contributed by atoms with Crippen LogP contribution in [0.4, 0.5) is 0 Å². The van der Waals surface area contributed by atoms with Crippen LogP contribution in [0.15, 0.2) is 0 Å². The molecule has 0 aliphatic rings. The monoisotopic (exact) mass is 489 g/mol. The third-order valence-corrected chi connectivity index (χ3v) is 7.21. The van der Waals surface area contributed by atoms with Crippen molar-refractivity contribution >= 4 is 5.78 Å². The summed E-state index contributed by atoms with van der Waals surface area (Å²) >= 11 is 0. The molecule has 0 spiro atoms. The molecule has 3 rings (SSSR count). The molecule has 3 nitrogen and oxygen atoms in total. The van der Waals surface area contributed by atoms with Crippen LogP contribution in [0, 0.1) is 75.3 Å². The second-order valence-electron chi connectivity index (χ2n) is 8.62. The van der Waals surface area contributed by atoms with Gasteiger partial charge in [-0.2, -0.15) is 17.6 Å². The van der Waals surface area contributed by atoms with Crippen LogP contribution in [0.2, 0.25) is 0 Å². The first-order valence-electron chi connectivity index (χ1n) is 10.4. The maximum absolute atomic E-state index is 12.3. The zero-order valence-corrected chi connectivity index (χ0v) is 23.4. The Balaban J connectivity index is 0.00000341. The van der Waals surface area contributed by atoms with Crippen LogP contribution >= 0.6 is 0 Å². The molecule has 0 aliphatic carbocycles. The number of hydrogen-bond donors (Lipinski definition) is 0. The minimum absolute atomic E-state index is 0. The van der Waals surface area contributed by atoms with E-state index >= 15 is 0 Å². The van der Waals surface area contributed by atoms with Crippen LogP contribution < -0.4 is 0 Å². The molecule has 1 radical (unpaired) electrons. The number of hydrogen-bond acceptors (Lipinski definition) is 2. The van der Waals surface area contributed by atoms with Crippen LogP contribution in [0.3, 0.4) is 0 Å². The summed E-state index contributed by atoms with van der Waals surface area (Å²) in [6, 6.07) is 3.32. The summed E-state index contributed by atoms with van der Waals surface area (Å²) in [4.78, 5) is 12.3. The Morgan fingerprint density at radius 1 is 0.742 bits per heavy atom. The van der Waals surface area contributed by atoms with Crippen LogP contribution in [-0.2, 0) is 32.7 Å². The Kier molecular flexibility index (Phi) is 7.45. The first-order valence-corrected chi connectivity index (χ1v) is 10.4. The minimum Gasteiger partial charge on any atom is -0.368 e. The van der Waals surface area contributed by atoms with Gasteiger partial charge in [0.05, 0.1) is 11.5 Å². The topological polar surface area (TPSA) is 34.9 Å². The van der Waals surface area contributed by atoms with Crippen molar-refractivity contribution in [3.63, 3.8) is 0 Å². The molecule has 3 aromatic rings. The summed E-state index contributed by atoms with van der Waals surface area (Å²) in [7, 11) is 0. The molecule has 4 heteroatoms. The van der Waals surface area contributed by atoms with Gasteiger partial charge in [-0.1, -0.05) is 31.9 Å². The van der Waals surface area contributed by atoms with E-state index in [4.69, 9.17) is 5.10 Å². The smallest absolute Gasteiger partial charge is 0.0781 e. The van der Waals surface area contributed by atoms with Gasteiger partial charge < -0.3 is 4.79 Å². The maximum atomic E-state index is 12.3. The molecule has 2 aromatic carbocycles. The molecule has 0 amide bonds. The molecule has 1 aromatic heterocycles. The summed E-state index contributed by atoms with van der Waals surface area (Å²) in [5.74, 6) is -0.0883. The molecule has 0 unspecified atom stereocenters. The molecule has 0 atom stereocenters. The van der Waals surface area contributed by atoms with Gasteiger partial charge in [-0.3, -0.25) is 4.68 Å². The first kappa shape index (κ1) is 25.6. The van der Waals surface area contributed by atoms with E-state index in [1.165, 1.54) is 44.5 Å². The quantitative estimate of drug-likeness (QED) is 0.311. The van der Waals surface area contributed by atoms with Crippen molar-refractivity contribution < 1.29 is 37.5 Å². The Labute approximate surface area is 212 Å². The predicted molar refractivity (Wildman–Crippen MR) is 125 cm³/mol. The standard InChI is InChI=1S/C27H32N2O.Y/c1-13-15(3)19(7)26(20(8)16(13)4)25-12-24(23(11)30)28-29(25)27-21(9)17(5)14(2)18(6)22(27)10;/h7H2,1-6,8-11H3;/q-2;. The fraction of sp³-hybridized carbons (Fsp3) is 0.370. The second kappa shape index (κ2) is 9.04. The van der Waals surface area contributed by atoms with Crippen molar-refractivity contribution in [1.82, 2.24) is 9.78 Å². The van der Waals surface area contributed by atoms with Gasteiger partial charge in [0.2, 0.25) is 0 Å². The predicted octanol–water partition coefficient (Wildman–Crippen LogP) is 6.50. The van der Waals surface area contributed by atoms with E-state index in [1.54, 1.807) is 6.92 Å². The van der Waals surface area contributed by atoms with Crippen molar-refractivity contribution in [1.29, 1.82) is 0 Å². The first-order chi connectivity index (χ1) is 13.9. The van der Waals surface area contributed by atoms with E-state index < -0.39 is 0 Å². The summed E-state index contributed by atoms with van der Waals surface area (Å²) in [6.07, 6.45) is 0. The summed E-state index contributed by atoms with van der Waals surface area (Å²) < 4.78 is 1.92. The number of carbonyl (C=O) groups excluding carboxylic acids is 1. The average molecular weight is 489 g/mol. The van der Waals surface area contributed by atoms with Gasteiger partial charge in [-0.15, -0.1) is 22.8 Å². The van der Waals surface area contributed by atoms with Crippen LogP contribution in [0.25, 0.3) is 16.9 Å². The van der Waals surface area contributed by atoms with E-state index in [2.05, 4.69) is 75.3 Å². The van der Waals surface area contributed by atoms with Crippen molar-refractivity contribution in [2.75, 3.05) is 0 Å². The molecule has 0 bridgehead atoms. The fourth-order valence-electron chi connectivity index (χ4n) is 4.34. The van der Waals surface area contributed by atoms with E-state index in [-0.39, 0.29) is 38.5 Å². The van der Waals surface area contributed by atoms with Crippen LogP contribution in [-0.4, -0.2) is 15.6 Å². The van der Waals surface area contributed by atoms with Gasteiger partial charge in [0.15, 0.2) is 0 Å². The van der Waals surface area contributed by atoms with Crippen molar-refractivity contribution in [3.05, 3.63) is 74.3 Å². The van der Waals surface area contributed by atoms with E-state index in [9.17, 15) is 4.79 Å². The number of nitrogens with zero attached hydrogens (tertiary/aromatic N) is 2. The van der Waals surface area contributed by atoms with Crippen molar-refractivity contribution in [3.8, 4) is 16.9 Å². The molecule has 0 saturated heterocycles. The van der Waals surface area contributed by atoms with Gasteiger partial charge in [0.25, 0.3) is 0 Å². The normalized spacial score (nSPS) is 10.9. The third-order valence-electron chi connectivity index (χ3n) is 7.21. The van der Waals surface area contributed by atoms with Gasteiger partial charge in [0, 0.05) is 38.4 Å². The van der Waals surface area contributed by atoms with Crippen LogP contribution in [0.1, 0.15) is 73.0 Å². The van der Waals surface area contributed by atoms with Gasteiger partial charge in [-0.05, 0) is 82.0 Å². The molecular formula is C27H32N2OY-2. The average Bonchev–Trinajstić information content (AvgIpc) is 3.13. The van der Waals surface area contributed by atoms with Gasteiger partial charge in [-0.25, -0.2) is 0 Å². The Morgan fingerprint density at radius 2 is 1.16 bits per heavy atom. The molecular weight excluding hydrogens is 457 g/mol. The molecule has 0 fully saturated rings. The largest absolute Gasteiger partial charge is 0.368 e. The fourth-order valence-corrected chi connectivity index (χ4v) is 4.34. The second-order valence-corrected chi connectivity index (χ2v) is 8.62. The van der Waals surface area contributed by atoms with E-state index in [1.807, 2.05) is 4.68 Å². The summed E-state index contributed by atoms with van der Waals surface area (Å²) in [5.41, 5.74) is 15.2. The SMILES string of the molecule is [CH2-]c1c(C)c(C)c(C)c(C)c1-c1[c-]c(C(C)=O)nn1-c1c(C)c(C)c(C)c(C)c1C.[Y]. The minimum atomic E-state index is -0.0883. The molecule has 31 heavy (non-hydrogen) atoms. The van der Waals surface area contributed by atoms with E-state index in [0.29, 0.717) is 5.69 Å². The van der Waals surface area contributed by atoms with Crippen molar-refractivity contribution in [2.45, 2.75) is 69.2 Å². The number of aromatic nitrogens is 2. The Hall–Kier alpha value is -1.71. The van der Waals surface area contributed by atoms with Gasteiger partial charge >= 0.3 is 0 Å². The third kappa shape index (κ3) is 3.96. The number of benzene rings is 2. The number of rotatable bonds is 3. The zero-order valence-electron chi connectivity index (χ0n) is 20.6. The van der Waals surface area contributed by atoms with Crippen LogP contribution in [0.5, 0.6) is 0 Å². The number of carbonyl (C=O) groups is 1. The summed E-state index contributed by atoms with van der Waals surface area (Å²) in [5, 5.41) is 4.74. The van der Waals surface area contributed by atoms with Gasteiger partial charge in [0.1, 0.15) is 0 Å². The maximum Gasteiger partial charge on any atom is 0.0781 e. The number of ketones is 1. The molecule has 161 valence electrons. The van der Waals surface area contributed by atoms with Crippen molar-refractivity contribution in [2.24, 2.45) is 0 Å². The molecule has 0 aliphatic heterocycles. The Bertz CT molecular complexity index is 1070. The zero-order chi connectivity index (χ0) is 22.7. The number of Topliss-reactive ketones (excluding diaryl/α,β-unsaturated/α-hetero) is 1. The van der Waals surface area contributed by atoms with E-state index in [0.717, 1.165) is 28.1 Å².